The summed E-state index contributed by atoms with van der Waals surface area (Å²) in [4.78, 5) is 18.1. The molecule has 1 atom stereocenters. The Morgan fingerprint density at radius 2 is 1.74 bits per heavy atom. The van der Waals surface area contributed by atoms with E-state index in [2.05, 4.69) is 10.3 Å². The average Bonchev–Trinajstić information content (AvgIpc) is 2.94. The number of para-hydroxylation sites is 2. The van der Waals surface area contributed by atoms with Crippen LogP contribution >= 0.6 is 0 Å². The van der Waals surface area contributed by atoms with Crippen LogP contribution in [0.1, 0.15) is 42.2 Å². The fourth-order valence-electron chi connectivity index (χ4n) is 5.57. The van der Waals surface area contributed by atoms with Gasteiger partial charge >= 0.3 is 0 Å². The van der Waals surface area contributed by atoms with Gasteiger partial charge in [-0.1, -0.05) is 36.4 Å². The summed E-state index contributed by atoms with van der Waals surface area (Å²) in [5.74, 6) is -3.06. The number of aromatic nitrogens is 1. The van der Waals surface area contributed by atoms with E-state index in [1.54, 1.807) is 18.3 Å². The molecule has 0 unspecified atom stereocenters. The summed E-state index contributed by atoms with van der Waals surface area (Å²) in [5.41, 5.74) is 2.76. The molecule has 0 bridgehead atoms. The molecule has 1 aromatic heterocycles. The molecule has 0 radical (unpaired) electrons. The second-order valence-electron chi connectivity index (χ2n) is 9.64. The van der Waals surface area contributed by atoms with Crippen LogP contribution in [0.2, 0.25) is 0 Å². The zero-order valence-electron chi connectivity index (χ0n) is 20.5. The minimum Gasteiger partial charge on any atom is -0.493 e. The van der Waals surface area contributed by atoms with E-state index in [1.807, 2.05) is 30.3 Å². The van der Waals surface area contributed by atoms with Crippen LogP contribution in [-0.2, 0) is 9.53 Å². The van der Waals surface area contributed by atoms with E-state index in [-0.39, 0.29) is 28.9 Å². The van der Waals surface area contributed by atoms with Gasteiger partial charge in [-0.15, -0.1) is 0 Å². The molecule has 3 aromatic carbocycles. The average molecular weight is 519 g/mol. The van der Waals surface area contributed by atoms with Gasteiger partial charge in [-0.25, -0.2) is 13.2 Å². The molecule has 194 valence electrons. The van der Waals surface area contributed by atoms with Gasteiger partial charge in [0.25, 0.3) is 0 Å². The minimum absolute atomic E-state index is 0.0517. The van der Waals surface area contributed by atoms with E-state index < -0.39 is 17.5 Å². The fourth-order valence-corrected chi connectivity index (χ4v) is 5.57. The lowest BCUT2D eigenvalue weighted by atomic mass is 9.86. The molecule has 2 aliphatic rings. The van der Waals surface area contributed by atoms with Gasteiger partial charge in [0.2, 0.25) is 5.91 Å². The van der Waals surface area contributed by atoms with Crippen LogP contribution in [0.5, 0.6) is 5.75 Å². The molecule has 0 saturated carbocycles. The summed E-state index contributed by atoms with van der Waals surface area (Å²) >= 11 is 0. The Bertz CT molecular complexity index is 1540. The van der Waals surface area contributed by atoms with Crippen LogP contribution < -0.4 is 10.1 Å². The highest BCUT2D eigenvalue weighted by Crippen LogP contribution is 2.41. The van der Waals surface area contributed by atoms with Crippen molar-refractivity contribution < 1.29 is 27.4 Å². The monoisotopic (exact) mass is 518 g/mol. The minimum atomic E-state index is -1.26. The summed E-state index contributed by atoms with van der Waals surface area (Å²) in [6.45, 7) is 1.58. The molecular weight excluding hydrogens is 493 g/mol. The number of hydrogen-bond acceptors (Lipinski definition) is 4. The molecule has 3 heterocycles. The summed E-state index contributed by atoms with van der Waals surface area (Å²) in [7, 11) is 0. The predicted molar refractivity (Wildman–Crippen MR) is 138 cm³/mol. The molecule has 8 heteroatoms. The van der Waals surface area contributed by atoms with Gasteiger partial charge in [-0.2, -0.15) is 0 Å². The Morgan fingerprint density at radius 1 is 0.921 bits per heavy atom. The quantitative estimate of drug-likeness (QED) is 0.305. The zero-order chi connectivity index (χ0) is 26.2. The van der Waals surface area contributed by atoms with E-state index in [1.165, 1.54) is 0 Å². The van der Waals surface area contributed by atoms with Gasteiger partial charge in [0.1, 0.15) is 11.6 Å². The smallest absolute Gasteiger partial charge is 0.232 e. The highest BCUT2D eigenvalue weighted by molar-refractivity contribution is 6.02. The van der Waals surface area contributed by atoms with E-state index in [9.17, 15) is 18.0 Å². The molecule has 4 aromatic rings. The number of rotatable bonds is 4. The number of pyridine rings is 1. The highest BCUT2D eigenvalue weighted by Gasteiger charge is 2.30. The Labute approximate surface area is 217 Å². The Morgan fingerprint density at radius 3 is 2.58 bits per heavy atom. The lowest BCUT2D eigenvalue weighted by Crippen LogP contribution is -2.27. The topological polar surface area (TPSA) is 60.5 Å². The van der Waals surface area contributed by atoms with Crippen molar-refractivity contribution in [3.05, 3.63) is 89.4 Å². The maximum Gasteiger partial charge on any atom is 0.232 e. The molecule has 6 rings (SSSR count). The molecule has 2 aliphatic heterocycles. The van der Waals surface area contributed by atoms with Gasteiger partial charge in [0.05, 0.1) is 29.9 Å². The number of fused-ring (bicyclic) bond motifs is 2. The van der Waals surface area contributed by atoms with Gasteiger partial charge in [-0.05, 0) is 42.9 Å². The van der Waals surface area contributed by atoms with Crippen LogP contribution in [0.15, 0.2) is 60.8 Å². The van der Waals surface area contributed by atoms with Crippen molar-refractivity contribution in [2.45, 2.75) is 31.1 Å². The largest absolute Gasteiger partial charge is 0.493 e. The molecule has 0 spiro atoms. The summed E-state index contributed by atoms with van der Waals surface area (Å²) in [5, 5.41) is 3.81. The molecule has 38 heavy (non-hydrogen) atoms. The molecule has 5 nitrogen and oxygen atoms in total. The predicted octanol–water partition coefficient (Wildman–Crippen LogP) is 6.72. The van der Waals surface area contributed by atoms with Crippen LogP contribution in [-0.4, -0.2) is 30.7 Å². The van der Waals surface area contributed by atoms with Crippen LogP contribution in [0.25, 0.3) is 22.0 Å². The first-order valence-corrected chi connectivity index (χ1v) is 12.7. The normalized spacial score (nSPS) is 17.6. The number of nitrogens with one attached hydrogen (secondary N) is 1. The Hall–Kier alpha value is -3.91. The third kappa shape index (κ3) is 4.39. The lowest BCUT2D eigenvalue weighted by molar-refractivity contribution is -0.118. The first-order chi connectivity index (χ1) is 18.5. The maximum atomic E-state index is 14.8. The Kier molecular flexibility index (Phi) is 6.49. The number of nitrogens with zero attached hydrogens (tertiary/aromatic N) is 1. The van der Waals surface area contributed by atoms with Crippen molar-refractivity contribution in [3.8, 4) is 16.9 Å². The lowest BCUT2D eigenvalue weighted by Gasteiger charge is -2.28. The number of benzene rings is 3. The standard InChI is InChI=1S/C30H25F3N2O3/c31-18-14-23(28(33)24(32)15-18)20-5-3-6-22-27(17-8-11-37-12-9-17)25(16-34-29(20)22)35-30(36)21-10-13-38-26-7-2-1-4-19(21)26/h1-7,14-17,21H,8-13H2,(H,35,36)/t21-/m0/s1. The van der Waals surface area contributed by atoms with Crippen molar-refractivity contribution in [1.29, 1.82) is 0 Å². The van der Waals surface area contributed by atoms with E-state index in [4.69, 9.17) is 9.47 Å². The molecule has 1 amide bonds. The molecule has 0 aliphatic carbocycles. The van der Waals surface area contributed by atoms with E-state index in [0.29, 0.717) is 54.6 Å². The number of carbonyl (C=O) groups excluding carboxylic acids is 1. The SMILES string of the molecule is O=C(Nc1cnc2c(-c3cc(F)cc(F)c3F)cccc2c1C1CCOCC1)[C@H]1CCOc2ccccc21. The van der Waals surface area contributed by atoms with Crippen LogP contribution in [0, 0.1) is 17.5 Å². The number of hydrogen-bond donors (Lipinski definition) is 1. The summed E-state index contributed by atoms with van der Waals surface area (Å²) in [6, 6.07) is 14.2. The number of ether oxygens (including phenoxy) is 2. The molecule has 1 saturated heterocycles. The van der Waals surface area contributed by atoms with Crippen LogP contribution in [0.4, 0.5) is 18.9 Å². The first-order valence-electron chi connectivity index (χ1n) is 12.7. The fraction of sp³-hybridized carbons (Fsp3) is 0.267. The van der Waals surface area contributed by atoms with Gasteiger partial charge in [-0.3, -0.25) is 9.78 Å². The second-order valence-corrected chi connectivity index (χ2v) is 9.64. The third-order valence-electron chi connectivity index (χ3n) is 7.38. The van der Waals surface area contributed by atoms with Crippen molar-refractivity contribution in [3.63, 3.8) is 0 Å². The van der Waals surface area contributed by atoms with Gasteiger partial charge in [0, 0.05) is 41.4 Å². The highest BCUT2D eigenvalue weighted by atomic mass is 19.2. The second kappa shape index (κ2) is 10.1. The molecule has 1 fully saturated rings. The summed E-state index contributed by atoms with van der Waals surface area (Å²) in [6.07, 6.45) is 3.57. The van der Waals surface area contributed by atoms with E-state index >= 15 is 0 Å². The number of halogens is 3. The molecule has 1 N–H and O–H groups in total. The molecular formula is C30H25F3N2O3. The number of amides is 1. The van der Waals surface area contributed by atoms with Crippen LogP contribution in [0.3, 0.4) is 0 Å². The van der Waals surface area contributed by atoms with Gasteiger partial charge < -0.3 is 14.8 Å². The van der Waals surface area contributed by atoms with Crippen molar-refractivity contribution in [2.24, 2.45) is 0 Å². The van der Waals surface area contributed by atoms with Gasteiger partial charge in [0.15, 0.2) is 11.6 Å². The first kappa shape index (κ1) is 24.4. The maximum absolute atomic E-state index is 14.8. The van der Waals surface area contributed by atoms with Crippen molar-refractivity contribution >= 4 is 22.5 Å². The number of carbonyl (C=O) groups is 1. The third-order valence-corrected chi connectivity index (χ3v) is 7.38. The summed E-state index contributed by atoms with van der Waals surface area (Å²) < 4.78 is 54.2. The Balaban J connectivity index is 1.46. The van der Waals surface area contributed by atoms with Crippen molar-refractivity contribution in [2.75, 3.05) is 25.1 Å². The number of anilines is 1. The zero-order valence-corrected chi connectivity index (χ0v) is 20.5. The van der Waals surface area contributed by atoms with Crippen molar-refractivity contribution in [1.82, 2.24) is 4.98 Å². The van der Waals surface area contributed by atoms with E-state index in [0.717, 1.165) is 30.0 Å².